The largest absolute Gasteiger partial charge is 0.390 e. The second-order valence-corrected chi connectivity index (χ2v) is 3.92. The maximum absolute atomic E-state index is 11.6. The fraction of sp³-hybridized carbons (Fsp3) is 0.455. The van der Waals surface area contributed by atoms with Crippen LogP contribution in [0, 0.1) is 19.3 Å². The second-order valence-electron chi connectivity index (χ2n) is 3.92. The van der Waals surface area contributed by atoms with Gasteiger partial charge in [0.25, 0.3) is 11.3 Å². The van der Waals surface area contributed by atoms with E-state index in [0.717, 1.165) is 0 Å². The molecule has 0 saturated carbocycles. The van der Waals surface area contributed by atoms with Gasteiger partial charge in [-0.1, -0.05) is 0 Å². The molecule has 7 heteroatoms. The van der Waals surface area contributed by atoms with E-state index in [9.17, 15) is 9.59 Å². The third-order valence-electron chi connectivity index (χ3n) is 2.67. The highest BCUT2D eigenvalue weighted by molar-refractivity contribution is 5.06. The SMILES string of the molecule is C#C[C@]1(CO)OC[C@H](n2cc(C)c(=O)[nH]c2=O)O1. The maximum atomic E-state index is 11.6. The summed E-state index contributed by atoms with van der Waals surface area (Å²) in [6.07, 6.45) is 5.79. The number of aromatic amines is 1. The van der Waals surface area contributed by atoms with Crippen molar-refractivity contribution in [3.63, 3.8) is 0 Å². The zero-order chi connectivity index (χ0) is 13.3. The number of H-pyrrole nitrogens is 1. The quantitative estimate of drug-likeness (QED) is 0.639. The number of aliphatic hydroxyl groups excluding tert-OH is 1. The molecule has 0 spiro atoms. The third kappa shape index (κ3) is 1.97. The van der Waals surface area contributed by atoms with Gasteiger partial charge in [-0.2, -0.15) is 0 Å². The van der Waals surface area contributed by atoms with E-state index in [0.29, 0.717) is 5.56 Å². The summed E-state index contributed by atoms with van der Waals surface area (Å²) in [6.45, 7) is 1.05. The molecule has 1 aromatic rings. The number of hydrogen-bond acceptors (Lipinski definition) is 5. The lowest BCUT2D eigenvalue weighted by Gasteiger charge is -2.19. The van der Waals surface area contributed by atoms with E-state index in [-0.39, 0.29) is 6.61 Å². The van der Waals surface area contributed by atoms with Crippen LogP contribution >= 0.6 is 0 Å². The van der Waals surface area contributed by atoms with Gasteiger partial charge in [0.05, 0.1) is 6.61 Å². The van der Waals surface area contributed by atoms with E-state index < -0.39 is 29.9 Å². The molecule has 1 aliphatic rings. The molecule has 2 N–H and O–H groups in total. The lowest BCUT2D eigenvalue weighted by Crippen LogP contribution is -2.36. The monoisotopic (exact) mass is 252 g/mol. The van der Waals surface area contributed by atoms with Crippen molar-refractivity contribution in [2.45, 2.75) is 18.9 Å². The smallest absolute Gasteiger partial charge is 0.330 e. The van der Waals surface area contributed by atoms with Gasteiger partial charge in [-0.05, 0) is 12.8 Å². The van der Waals surface area contributed by atoms with Crippen molar-refractivity contribution in [2.75, 3.05) is 13.2 Å². The van der Waals surface area contributed by atoms with E-state index in [1.807, 2.05) is 0 Å². The summed E-state index contributed by atoms with van der Waals surface area (Å²) >= 11 is 0. The Balaban J connectivity index is 2.36. The fourth-order valence-corrected chi connectivity index (χ4v) is 1.64. The van der Waals surface area contributed by atoms with Crippen molar-refractivity contribution in [1.82, 2.24) is 9.55 Å². The minimum Gasteiger partial charge on any atom is -0.390 e. The highest BCUT2D eigenvalue weighted by Crippen LogP contribution is 2.27. The summed E-state index contributed by atoms with van der Waals surface area (Å²) < 4.78 is 11.7. The van der Waals surface area contributed by atoms with E-state index in [1.165, 1.54) is 10.8 Å². The van der Waals surface area contributed by atoms with Gasteiger partial charge >= 0.3 is 5.69 Å². The third-order valence-corrected chi connectivity index (χ3v) is 2.67. The number of hydrogen-bond donors (Lipinski definition) is 2. The average Bonchev–Trinajstić information content (AvgIpc) is 2.79. The predicted molar refractivity (Wildman–Crippen MR) is 60.8 cm³/mol. The lowest BCUT2D eigenvalue weighted by atomic mass is 10.3. The first-order valence-corrected chi connectivity index (χ1v) is 5.24. The Bertz CT molecular complexity index is 611. The highest BCUT2D eigenvalue weighted by Gasteiger charge is 2.41. The summed E-state index contributed by atoms with van der Waals surface area (Å²) in [5, 5.41) is 9.11. The number of aryl methyl sites for hydroxylation is 1. The molecular weight excluding hydrogens is 240 g/mol. The van der Waals surface area contributed by atoms with E-state index >= 15 is 0 Å². The lowest BCUT2D eigenvalue weighted by molar-refractivity contribution is -0.156. The van der Waals surface area contributed by atoms with E-state index in [4.69, 9.17) is 21.0 Å². The number of aliphatic hydroxyl groups is 1. The molecule has 2 atom stereocenters. The van der Waals surface area contributed by atoms with E-state index in [1.54, 1.807) is 6.92 Å². The highest BCUT2D eigenvalue weighted by atomic mass is 16.8. The molecular formula is C11H12N2O5. The molecule has 0 aliphatic carbocycles. The number of ether oxygens (including phenoxy) is 2. The summed E-state index contributed by atoms with van der Waals surface area (Å²) in [5.74, 6) is 0.657. The summed E-state index contributed by atoms with van der Waals surface area (Å²) in [7, 11) is 0. The number of nitrogens with zero attached hydrogens (tertiary/aromatic N) is 1. The number of terminal acetylenes is 1. The van der Waals surface area contributed by atoms with Crippen LogP contribution in [-0.4, -0.2) is 33.7 Å². The van der Waals surface area contributed by atoms with Crippen LogP contribution in [0.15, 0.2) is 15.8 Å². The first kappa shape index (κ1) is 12.6. The zero-order valence-electron chi connectivity index (χ0n) is 9.67. The van der Waals surface area contributed by atoms with Crippen molar-refractivity contribution in [3.8, 4) is 12.3 Å². The van der Waals surface area contributed by atoms with Crippen molar-refractivity contribution < 1.29 is 14.6 Å². The Morgan fingerprint density at radius 2 is 2.44 bits per heavy atom. The van der Waals surface area contributed by atoms with E-state index in [2.05, 4.69) is 10.9 Å². The van der Waals surface area contributed by atoms with Gasteiger partial charge in [-0.3, -0.25) is 14.3 Å². The summed E-state index contributed by atoms with van der Waals surface area (Å²) in [4.78, 5) is 25.0. The molecule has 1 aromatic heterocycles. The topological polar surface area (TPSA) is 93.5 Å². The number of aromatic nitrogens is 2. The standard InChI is InChI=1S/C11H12N2O5/c1-3-11(6-14)17-5-8(18-11)13-4-7(2)9(15)12-10(13)16/h1,4,8,14H,5-6H2,2H3,(H,12,15,16)/t8-,11+/m1/s1. The van der Waals surface area contributed by atoms with Gasteiger partial charge in [0.1, 0.15) is 6.61 Å². The fourth-order valence-electron chi connectivity index (χ4n) is 1.64. The second kappa shape index (κ2) is 4.42. The van der Waals surface area contributed by atoms with Crippen LogP contribution in [0.2, 0.25) is 0 Å². The molecule has 7 nitrogen and oxygen atoms in total. The maximum Gasteiger partial charge on any atom is 0.330 e. The molecule has 0 unspecified atom stereocenters. The first-order valence-electron chi connectivity index (χ1n) is 5.24. The minimum atomic E-state index is -1.53. The molecule has 0 radical (unpaired) electrons. The predicted octanol–water partition coefficient (Wildman–Crippen LogP) is -1.29. The van der Waals surface area contributed by atoms with Gasteiger partial charge in [-0.25, -0.2) is 4.79 Å². The van der Waals surface area contributed by atoms with Crippen LogP contribution in [0.25, 0.3) is 0 Å². The van der Waals surface area contributed by atoms with Crippen LogP contribution in [0.3, 0.4) is 0 Å². The Kier molecular flexibility index (Phi) is 3.09. The van der Waals surface area contributed by atoms with Crippen LogP contribution < -0.4 is 11.2 Å². The van der Waals surface area contributed by atoms with Gasteiger partial charge in [-0.15, -0.1) is 6.42 Å². The molecule has 1 aliphatic heterocycles. The number of nitrogens with one attached hydrogen (secondary N) is 1. The Labute approximate surface area is 102 Å². The molecule has 0 amide bonds. The Morgan fingerprint density at radius 3 is 3.00 bits per heavy atom. The molecule has 96 valence electrons. The molecule has 2 rings (SSSR count). The van der Waals surface area contributed by atoms with Crippen molar-refractivity contribution >= 4 is 0 Å². The van der Waals surface area contributed by atoms with Crippen LogP contribution in [0.4, 0.5) is 0 Å². The average molecular weight is 252 g/mol. The molecule has 1 saturated heterocycles. The Hall–Kier alpha value is -1.88. The van der Waals surface area contributed by atoms with Gasteiger partial charge in [0.2, 0.25) is 0 Å². The number of rotatable bonds is 2. The van der Waals surface area contributed by atoms with Gasteiger partial charge in [0, 0.05) is 11.8 Å². The van der Waals surface area contributed by atoms with Crippen molar-refractivity contribution in [2.24, 2.45) is 0 Å². The van der Waals surface area contributed by atoms with Crippen LogP contribution in [-0.2, 0) is 9.47 Å². The van der Waals surface area contributed by atoms with Gasteiger partial charge < -0.3 is 14.6 Å². The molecule has 1 fully saturated rings. The summed E-state index contributed by atoms with van der Waals surface area (Å²) in [5.41, 5.74) is -0.717. The van der Waals surface area contributed by atoms with Crippen molar-refractivity contribution in [3.05, 3.63) is 32.6 Å². The normalized spacial score (nSPS) is 27.1. The first-order chi connectivity index (χ1) is 8.51. The van der Waals surface area contributed by atoms with Crippen LogP contribution in [0.1, 0.15) is 11.8 Å². The summed E-state index contributed by atoms with van der Waals surface area (Å²) in [6, 6.07) is 0. The van der Waals surface area contributed by atoms with Gasteiger partial charge in [0.15, 0.2) is 6.23 Å². The minimum absolute atomic E-state index is 0.0101. The molecule has 2 heterocycles. The Morgan fingerprint density at radius 1 is 1.72 bits per heavy atom. The molecule has 18 heavy (non-hydrogen) atoms. The zero-order valence-corrected chi connectivity index (χ0v) is 9.67. The molecule has 0 aromatic carbocycles. The van der Waals surface area contributed by atoms with Crippen molar-refractivity contribution in [1.29, 1.82) is 0 Å². The van der Waals surface area contributed by atoms with Crippen LogP contribution in [0.5, 0.6) is 0 Å². The molecule has 0 bridgehead atoms.